The van der Waals surface area contributed by atoms with Crippen molar-refractivity contribution in [2.75, 3.05) is 58.9 Å². The van der Waals surface area contributed by atoms with Crippen LogP contribution in [0.4, 0.5) is 0 Å². The minimum absolute atomic E-state index is 0.000176. The Kier molecular flexibility index (Phi) is 18.7. The van der Waals surface area contributed by atoms with Crippen LogP contribution in [0.1, 0.15) is 95.9 Å². The molecular weight excluding hydrogens is 612 g/mol. The molecule has 14 heteroatoms. The molecule has 0 saturated heterocycles. The number of rotatable bonds is 20. The molecule has 0 aliphatic rings. The van der Waals surface area contributed by atoms with Gasteiger partial charge in [0, 0.05) is 45.7 Å². The first kappa shape index (κ1) is 44.2. The molecular formula is C33H62N4O10. The second-order valence-corrected chi connectivity index (χ2v) is 15.4. The highest BCUT2D eigenvalue weighted by molar-refractivity contribution is 5.77. The summed E-state index contributed by atoms with van der Waals surface area (Å²) in [4.78, 5) is 65.7. The minimum Gasteiger partial charge on any atom is -0.481 e. The van der Waals surface area contributed by atoms with Crippen LogP contribution in [0.2, 0.25) is 0 Å². The standard InChI is InChI=1S/C33H62N4O10/c1-30(2,3)44-26(40)21-34-15-17-36(23-28(42)46-32(7,8)9)19-20-37(18-16-35-22-27(41)45-31(4,5)6)24(13-14-25(38)39)29(43)47-33(10,11)12/h24,34-35H,13-23H2,1-12H3,(H,38,39). The summed E-state index contributed by atoms with van der Waals surface area (Å²) in [6, 6.07) is -0.901. The number of aliphatic carboxylic acids is 1. The summed E-state index contributed by atoms with van der Waals surface area (Å²) >= 11 is 0. The van der Waals surface area contributed by atoms with Crippen molar-refractivity contribution in [2.24, 2.45) is 0 Å². The molecule has 0 saturated carbocycles. The van der Waals surface area contributed by atoms with E-state index in [0.29, 0.717) is 19.6 Å². The van der Waals surface area contributed by atoms with E-state index in [2.05, 4.69) is 10.6 Å². The summed E-state index contributed by atoms with van der Waals surface area (Å²) in [6.07, 6.45) is -0.262. The third-order valence-electron chi connectivity index (χ3n) is 5.79. The molecule has 47 heavy (non-hydrogen) atoms. The maximum Gasteiger partial charge on any atom is 0.323 e. The average molecular weight is 675 g/mol. The third-order valence-corrected chi connectivity index (χ3v) is 5.79. The largest absolute Gasteiger partial charge is 0.481 e. The summed E-state index contributed by atoms with van der Waals surface area (Å²) in [5, 5.41) is 15.5. The van der Waals surface area contributed by atoms with Crippen LogP contribution in [-0.4, -0.2) is 132 Å². The molecule has 0 amide bonds. The molecule has 1 atom stereocenters. The SMILES string of the molecule is CC(C)(C)OC(=O)CNCCN(CCN(CCNCC(=O)OC(C)(C)C)C(CCC(=O)O)C(=O)OC(C)(C)C)CC(=O)OC(C)(C)C. The van der Waals surface area contributed by atoms with E-state index >= 15 is 0 Å². The van der Waals surface area contributed by atoms with Crippen LogP contribution in [0.25, 0.3) is 0 Å². The van der Waals surface area contributed by atoms with Crippen LogP contribution in [0.3, 0.4) is 0 Å². The maximum atomic E-state index is 13.4. The highest BCUT2D eigenvalue weighted by Crippen LogP contribution is 2.16. The van der Waals surface area contributed by atoms with Crippen molar-refractivity contribution in [2.45, 2.75) is 124 Å². The minimum atomic E-state index is -1.05. The third kappa shape index (κ3) is 25.9. The molecule has 0 aliphatic carbocycles. The van der Waals surface area contributed by atoms with Gasteiger partial charge in [-0.25, -0.2) is 0 Å². The Bertz CT molecular complexity index is 1010. The van der Waals surface area contributed by atoms with E-state index in [4.69, 9.17) is 18.9 Å². The number of esters is 4. The first-order chi connectivity index (χ1) is 21.3. The summed E-state index contributed by atoms with van der Waals surface area (Å²) < 4.78 is 21.9. The summed E-state index contributed by atoms with van der Waals surface area (Å²) in [5.41, 5.74) is -2.75. The van der Waals surface area contributed by atoms with Crippen molar-refractivity contribution >= 4 is 29.8 Å². The first-order valence-electron chi connectivity index (χ1n) is 16.2. The molecule has 0 aromatic carbocycles. The van der Waals surface area contributed by atoms with E-state index in [9.17, 15) is 29.1 Å². The lowest BCUT2D eigenvalue weighted by atomic mass is 10.1. The molecule has 3 N–H and O–H groups in total. The van der Waals surface area contributed by atoms with Gasteiger partial charge < -0.3 is 34.7 Å². The Morgan fingerprint density at radius 1 is 0.596 bits per heavy atom. The number of carboxylic acids is 1. The molecule has 274 valence electrons. The molecule has 0 spiro atoms. The van der Waals surface area contributed by atoms with Crippen LogP contribution >= 0.6 is 0 Å². The van der Waals surface area contributed by atoms with Crippen LogP contribution < -0.4 is 10.6 Å². The van der Waals surface area contributed by atoms with Gasteiger partial charge in [-0.3, -0.25) is 33.8 Å². The first-order valence-corrected chi connectivity index (χ1v) is 16.2. The molecule has 14 nitrogen and oxygen atoms in total. The second-order valence-electron chi connectivity index (χ2n) is 15.4. The van der Waals surface area contributed by atoms with Gasteiger partial charge >= 0.3 is 29.8 Å². The fourth-order valence-corrected chi connectivity index (χ4v) is 4.20. The monoisotopic (exact) mass is 674 g/mol. The van der Waals surface area contributed by atoms with Gasteiger partial charge in [0.05, 0.1) is 19.6 Å². The molecule has 0 aromatic heterocycles. The molecule has 0 fully saturated rings. The van der Waals surface area contributed by atoms with Crippen LogP contribution in [0.15, 0.2) is 0 Å². The highest BCUT2D eigenvalue weighted by atomic mass is 16.6. The van der Waals surface area contributed by atoms with Gasteiger partial charge in [-0.2, -0.15) is 0 Å². The van der Waals surface area contributed by atoms with Gasteiger partial charge in [-0.1, -0.05) is 0 Å². The van der Waals surface area contributed by atoms with Crippen molar-refractivity contribution in [1.82, 2.24) is 20.4 Å². The van der Waals surface area contributed by atoms with E-state index in [1.54, 1.807) is 88.0 Å². The Hall–Kier alpha value is -2.81. The van der Waals surface area contributed by atoms with E-state index in [1.165, 1.54) is 0 Å². The zero-order chi connectivity index (χ0) is 36.6. The number of hydrogen-bond donors (Lipinski definition) is 3. The number of hydrogen-bond acceptors (Lipinski definition) is 13. The van der Waals surface area contributed by atoms with Gasteiger partial charge in [0.25, 0.3) is 0 Å². The quantitative estimate of drug-likeness (QED) is 0.0976. The zero-order valence-corrected chi connectivity index (χ0v) is 30.9. The number of nitrogens with zero attached hydrogens (tertiary/aromatic N) is 2. The fourth-order valence-electron chi connectivity index (χ4n) is 4.20. The maximum absolute atomic E-state index is 13.4. The molecule has 0 aromatic rings. The Morgan fingerprint density at radius 3 is 1.45 bits per heavy atom. The number of ether oxygens (including phenoxy) is 4. The molecule has 0 radical (unpaired) electrons. The van der Waals surface area contributed by atoms with Gasteiger partial charge in [0.1, 0.15) is 28.4 Å². The molecule has 0 bridgehead atoms. The van der Waals surface area contributed by atoms with Crippen LogP contribution in [-0.2, 0) is 42.9 Å². The zero-order valence-electron chi connectivity index (χ0n) is 30.9. The molecule has 0 aliphatic heterocycles. The van der Waals surface area contributed by atoms with Crippen molar-refractivity contribution < 1.29 is 48.0 Å². The second kappa shape index (κ2) is 19.9. The van der Waals surface area contributed by atoms with E-state index in [1.807, 2.05) is 4.90 Å². The van der Waals surface area contributed by atoms with Gasteiger partial charge in [0.15, 0.2) is 0 Å². The van der Waals surface area contributed by atoms with Crippen molar-refractivity contribution in [3.8, 4) is 0 Å². The van der Waals surface area contributed by atoms with Crippen molar-refractivity contribution in [3.63, 3.8) is 0 Å². The van der Waals surface area contributed by atoms with Gasteiger partial charge in [-0.05, 0) is 89.5 Å². The van der Waals surface area contributed by atoms with E-state index < -0.39 is 58.3 Å². The molecule has 0 heterocycles. The fraction of sp³-hybridized carbons (Fsp3) is 0.848. The smallest absolute Gasteiger partial charge is 0.323 e. The van der Waals surface area contributed by atoms with Crippen LogP contribution in [0.5, 0.6) is 0 Å². The van der Waals surface area contributed by atoms with E-state index in [0.717, 1.165) is 0 Å². The predicted molar refractivity (Wildman–Crippen MR) is 178 cm³/mol. The van der Waals surface area contributed by atoms with Gasteiger partial charge in [0.2, 0.25) is 0 Å². The molecule has 0 rings (SSSR count). The lowest BCUT2D eigenvalue weighted by Crippen LogP contribution is -2.51. The Morgan fingerprint density at radius 2 is 1.02 bits per heavy atom. The number of carbonyl (C=O) groups excluding carboxylic acids is 4. The predicted octanol–water partition coefficient (Wildman–Crippen LogP) is 2.37. The van der Waals surface area contributed by atoms with Gasteiger partial charge in [-0.15, -0.1) is 0 Å². The number of carbonyl (C=O) groups is 5. The van der Waals surface area contributed by atoms with E-state index in [-0.39, 0.29) is 52.1 Å². The normalized spacial score (nSPS) is 13.3. The summed E-state index contributed by atoms with van der Waals surface area (Å²) in [6.45, 7) is 22.9. The van der Waals surface area contributed by atoms with Crippen molar-refractivity contribution in [1.29, 1.82) is 0 Å². The average Bonchev–Trinajstić information content (AvgIpc) is 2.82. The van der Waals surface area contributed by atoms with Crippen LogP contribution in [0, 0.1) is 0 Å². The Balaban J connectivity index is 5.91. The number of carboxylic acid groups (broad SMARTS) is 1. The lowest BCUT2D eigenvalue weighted by molar-refractivity contribution is -0.163. The topological polar surface area (TPSA) is 173 Å². The van der Waals surface area contributed by atoms with Crippen molar-refractivity contribution in [3.05, 3.63) is 0 Å². The highest BCUT2D eigenvalue weighted by Gasteiger charge is 2.31. The summed E-state index contributed by atoms with van der Waals surface area (Å²) in [7, 11) is 0. The summed E-state index contributed by atoms with van der Waals surface area (Å²) in [5.74, 6) is -2.89. The Labute approximate surface area is 281 Å². The lowest BCUT2D eigenvalue weighted by Gasteiger charge is -2.34. The molecule has 1 unspecified atom stereocenters. The number of nitrogens with one attached hydrogen (secondary N) is 2.